The number of ether oxygens (including phenoxy) is 3. The highest BCUT2D eigenvalue weighted by atomic mass is 16.5. The van der Waals surface area contributed by atoms with Crippen molar-refractivity contribution in [3.63, 3.8) is 0 Å². The van der Waals surface area contributed by atoms with Crippen LogP contribution in [0.15, 0.2) is 18.2 Å². The first-order valence-electron chi connectivity index (χ1n) is 8.80. The van der Waals surface area contributed by atoms with E-state index in [1.165, 1.54) is 14.2 Å². The van der Waals surface area contributed by atoms with Gasteiger partial charge in [-0.2, -0.15) is 4.80 Å². The van der Waals surface area contributed by atoms with Gasteiger partial charge in [-0.25, -0.2) is 4.79 Å². The number of carbonyl (C=O) groups is 2. The van der Waals surface area contributed by atoms with Crippen LogP contribution in [-0.2, 0) is 20.9 Å². The van der Waals surface area contributed by atoms with Crippen molar-refractivity contribution in [2.45, 2.75) is 32.9 Å². The Morgan fingerprint density at radius 2 is 1.89 bits per heavy atom. The van der Waals surface area contributed by atoms with E-state index in [0.29, 0.717) is 29.3 Å². The minimum absolute atomic E-state index is 0.0672. The highest BCUT2D eigenvalue weighted by Gasteiger charge is 2.27. The average Bonchev–Trinajstić information content (AvgIpc) is 3.18. The molecule has 0 radical (unpaired) electrons. The summed E-state index contributed by atoms with van der Waals surface area (Å²) in [6.45, 7) is 3.62. The van der Waals surface area contributed by atoms with Gasteiger partial charge in [-0.15, -0.1) is 10.2 Å². The quantitative estimate of drug-likeness (QED) is 0.631. The van der Waals surface area contributed by atoms with Crippen LogP contribution in [-0.4, -0.2) is 59.5 Å². The van der Waals surface area contributed by atoms with Crippen molar-refractivity contribution in [1.29, 1.82) is 0 Å². The minimum Gasteiger partial charge on any atom is -0.493 e. The second-order valence-electron chi connectivity index (χ2n) is 6.17. The molecule has 2 atom stereocenters. The zero-order chi connectivity index (χ0) is 20.7. The Morgan fingerprint density at radius 1 is 1.18 bits per heavy atom. The second kappa shape index (κ2) is 9.67. The second-order valence-corrected chi connectivity index (χ2v) is 6.17. The molecule has 1 N–H and O–H groups in total. The molecule has 2 rings (SSSR count). The van der Waals surface area contributed by atoms with Crippen LogP contribution in [0.1, 0.15) is 20.3 Å². The monoisotopic (exact) mass is 391 g/mol. The summed E-state index contributed by atoms with van der Waals surface area (Å²) in [7, 11) is 4.37. The van der Waals surface area contributed by atoms with Crippen LogP contribution in [0.25, 0.3) is 11.4 Å². The van der Waals surface area contributed by atoms with Gasteiger partial charge in [0, 0.05) is 5.56 Å². The first-order chi connectivity index (χ1) is 13.4. The smallest absolute Gasteiger partial charge is 0.328 e. The molecule has 1 amide bonds. The van der Waals surface area contributed by atoms with Crippen molar-refractivity contribution < 1.29 is 23.8 Å². The standard InChI is InChI=1S/C18H25N5O5/c1-6-11(2)16(18(25)28-5)19-15(24)10-23-21-17(20-22-23)12-7-8-13(26-3)14(9-12)27-4/h7-9,11,16H,6,10H2,1-5H3,(H,19,24)/t11-,16-/m1/s1. The van der Waals surface area contributed by atoms with E-state index in [2.05, 4.69) is 20.7 Å². The Labute approximate surface area is 163 Å². The van der Waals surface area contributed by atoms with E-state index >= 15 is 0 Å². The molecule has 10 heteroatoms. The highest BCUT2D eigenvalue weighted by Crippen LogP contribution is 2.30. The number of hydrogen-bond donors (Lipinski definition) is 1. The lowest BCUT2D eigenvalue weighted by Gasteiger charge is -2.21. The van der Waals surface area contributed by atoms with Gasteiger partial charge in [-0.1, -0.05) is 20.3 Å². The molecule has 28 heavy (non-hydrogen) atoms. The van der Waals surface area contributed by atoms with Crippen LogP contribution in [0.5, 0.6) is 11.5 Å². The van der Waals surface area contributed by atoms with Crippen LogP contribution in [0, 0.1) is 5.92 Å². The third-order valence-corrected chi connectivity index (χ3v) is 4.36. The third-order valence-electron chi connectivity index (χ3n) is 4.36. The molecule has 0 bridgehead atoms. The van der Waals surface area contributed by atoms with E-state index in [-0.39, 0.29) is 12.5 Å². The van der Waals surface area contributed by atoms with Gasteiger partial charge < -0.3 is 19.5 Å². The molecule has 2 aromatic rings. The number of esters is 1. The number of aromatic nitrogens is 4. The molecule has 0 aliphatic heterocycles. The van der Waals surface area contributed by atoms with Gasteiger partial charge in [-0.3, -0.25) is 4.79 Å². The molecule has 1 aromatic heterocycles. The summed E-state index contributed by atoms with van der Waals surface area (Å²) in [5, 5.41) is 14.7. The molecule has 1 aromatic carbocycles. The van der Waals surface area contributed by atoms with Gasteiger partial charge in [0.25, 0.3) is 0 Å². The maximum atomic E-state index is 12.3. The topological polar surface area (TPSA) is 117 Å². The van der Waals surface area contributed by atoms with Gasteiger partial charge in [-0.05, 0) is 29.3 Å². The van der Waals surface area contributed by atoms with E-state index in [1.807, 2.05) is 13.8 Å². The molecule has 10 nitrogen and oxygen atoms in total. The number of nitrogens with one attached hydrogen (secondary N) is 1. The van der Waals surface area contributed by atoms with Gasteiger partial charge in [0.1, 0.15) is 12.6 Å². The van der Waals surface area contributed by atoms with Crippen LogP contribution in [0.4, 0.5) is 0 Å². The lowest BCUT2D eigenvalue weighted by Crippen LogP contribution is -2.46. The fraction of sp³-hybridized carbons (Fsp3) is 0.500. The Bertz CT molecular complexity index is 822. The van der Waals surface area contributed by atoms with Crippen molar-refractivity contribution in [1.82, 2.24) is 25.5 Å². The van der Waals surface area contributed by atoms with E-state index in [1.54, 1.807) is 25.3 Å². The normalized spacial score (nSPS) is 12.8. The number of amides is 1. The molecule has 0 aliphatic rings. The number of tetrazole rings is 1. The van der Waals surface area contributed by atoms with Gasteiger partial charge in [0.05, 0.1) is 21.3 Å². The highest BCUT2D eigenvalue weighted by molar-refractivity contribution is 5.84. The van der Waals surface area contributed by atoms with Crippen LogP contribution in [0.2, 0.25) is 0 Å². The number of benzene rings is 1. The molecular weight excluding hydrogens is 366 g/mol. The van der Waals surface area contributed by atoms with Crippen LogP contribution in [0.3, 0.4) is 0 Å². The molecule has 0 spiro atoms. The van der Waals surface area contributed by atoms with Crippen molar-refractivity contribution in [3.05, 3.63) is 18.2 Å². The van der Waals surface area contributed by atoms with Gasteiger partial charge in [0.2, 0.25) is 11.7 Å². The predicted octanol–water partition coefficient (Wildman–Crippen LogP) is 1.06. The molecule has 0 saturated carbocycles. The van der Waals surface area contributed by atoms with Crippen molar-refractivity contribution >= 4 is 11.9 Å². The molecule has 152 valence electrons. The summed E-state index contributed by atoms with van der Waals surface area (Å²) in [6.07, 6.45) is 0.713. The number of hydrogen-bond acceptors (Lipinski definition) is 8. The maximum Gasteiger partial charge on any atom is 0.328 e. The first-order valence-corrected chi connectivity index (χ1v) is 8.80. The van der Waals surface area contributed by atoms with E-state index < -0.39 is 17.9 Å². The Hall–Kier alpha value is -3.17. The molecule has 0 aliphatic carbocycles. The van der Waals surface area contributed by atoms with Crippen molar-refractivity contribution in [2.75, 3.05) is 21.3 Å². The maximum absolute atomic E-state index is 12.3. The average molecular weight is 391 g/mol. The van der Waals surface area contributed by atoms with E-state index in [9.17, 15) is 9.59 Å². The number of nitrogens with zero attached hydrogens (tertiary/aromatic N) is 4. The van der Waals surface area contributed by atoms with Crippen molar-refractivity contribution in [3.8, 4) is 22.9 Å². The van der Waals surface area contributed by atoms with E-state index in [4.69, 9.17) is 14.2 Å². The zero-order valence-corrected chi connectivity index (χ0v) is 16.6. The Morgan fingerprint density at radius 3 is 2.50 bits per heavy atom. The fourth-order valence-electron chi connectivity index (χ4n) is 2.54. The molecule has 1 heterocycles. The Balaban J connectivity index is 2.09. The number of methoxy groups -OCH3 is 3. The van der Waals surface area contributed by atoms with Crippen LogP contribution < -0.4 is 14.8 Å². The molecule has 0 saturated heterocycles. The lowest BCUT2D eigenvalue weighted by atomic mass is 9.99. The van der Waals surface area contributed by atoms with E-state index in [0.717, 1.165) is 4.80 Å². The first kappa shape index (κ1) is 21.1. The summed E-state index contributed by atoms with van der Waals surface area (Å²) in [5.74, 6) is 0.482. The molecule has 0 unspecified atom stereocenters. The summed E-state index contributed by atoms with van der Waals surface area (Å²) in [6, 6.07) is 4.49. The summed E-state index contributed by atoms with van der Waals surface area (Å²) >= 11 is 0. The SMILES string of the molecule is CC[C@@H](C)[C@@H](NC(=O)Cn1nnc(-c2ccc(OC)c(OC)c2)n1)C(=O)OC. The molecule has 0 fully saturated rings. The summed E-state index contributed by atoms with van der Waals surface area (Å²) < 4.78 is 15.2. The summed E-state index contributed by atoms with van der Waals surface area (Å²) in [5.41, 5.74) is 0.663. The third kappa shape index (κ3) is 4.96. The molecular formula is C18H25N5O5. The number of rotatable bonds is 9. The Kier molecular flexibility index (Phi) is 7.30. The fourth-order valence-corrected chi connectivity index (χ4v) is 2.54. The predicted molar refractivity (Wildman–Crippen MR) is 99.8 cm³/mol. The summed E-state index contributed by atoms with van der Waals surface area (Å²) in [4.78, 5) is 25.4. The van der Waals surface area contributed by atoms with Crippen molar-refractivity contribution in [2.24, 2.45) is 5.92 Å². The lowest BCUT2D eigenvalue weighted by molar-refractivity contribution is -0.146. The minimum atomic E-state index is -0.726. The van der Waals surface area contributed by atoms with Gasteiger partial charge >= 0.3 is 5.97 Å². The zero-order valence-electron chi connectivity index (χ0n) is 16.6. The van der Waals surface area contributed by atoms with Crippen LogP contribution >= 0.6 is 0 Å². The van der Waals surface area contributed by atoms with Gasteiger partial charge in [0.15, 0.2) is 11.5 Å². The number of carbonyl (C=O) groups excluding carboxylic acids is 2. The largest absolute Gasteiger partial charge is 0.493 e.